The summed E-state index contributed by atoms with van der Waals surface area (Å²) in [5, 5.41) is 11.0. The molecule has 2 N–H and O–H groups in total. The second kappa shape index (κ2) is 7.15. The summed E-state index contributed by atoms with van der Waals surface area (Å²) < 4.78 is 5.39. The number of carboxylic acid groups (broad SMARTS) is 1. The van der Waals surface area contributed by atoms with Crippen LogP contribution in [0.4, 0.5) is 0 Å². The summed E-state index contributed by atoms with van der Waals surface area (Å²) in [5.74, 6) is -0.850. The molecule has 0 bridgehead atoms. The third kappa shape index (κ3) is 4.42. The highest BCUT2D eigenvalue weighted by Gasteiger charge is 2.16. The minimum Gasteiger partial charge on any atom is -0.493 e. The SMILES string of the molecule is CC(=O)c1ccccc1OCCC(NC=O)C(=O)O. The van der Waals surface area contributed by atoms with Gasteiger partial charge in [-0.3, -0.25) is 9.59 Å². The van der Waals surface area contributed by atoms with Crippen molar-refractivity contribution in [2.75, 3.05) is 6.61 Å². The van der Waals surface area contributed by atoms with Gasteiger partial charge in [-0.25, -0.2) is 4.79 Å². The molecule has 0 radical (unpaired) electrons. The molecule has 0 aliphatic rings. The fourth-order valence-electron chi connectivity index (χ4n) is 1.53. The first-order valence-electron chi connectivity index (χ1n) is 5.71. The summed E-state index contributed by atoms with van der Waals surface area (Å²) in [4.78, 5) is 32.4. The predicted molar refractivity (Wildman–Crippen MR) is 67.2 cm³/mol. The van der Waals surface area contributed by atoms with Crippen molar-refractivity contribution in [1.29, 1.82) is 0 Å². The van der Waals surface area contributed by atoms with Crippen LogP contribution < -0.4 is 10.1 Å². The van der Waals surface area contributed by atoms with Gasteiger partial charge in [0.15, 0.2) is 5.78 Å². The van der Waals surface area contributed by atoms with E-state index in [4.69, 9.17) is 9.84 Å². The van der Waals surface area contributed by atoms with Crippen LogP contribution in [0.2, 0.25) is 0 Å². The number of nitrogens with one attached hydrogen (secondary N) is 1. The normalized spacial score (nSPS) is 11.4. The summed E-state index contributed by atoms with van der Waals surface area (Å²) in [6.07, 6.45) is 0.447. The van der Waals surface area contributed by atoms with Gasteiger partial charge in [0.25, 0.3) is 0 Å². The van der Waals surface area contributed by atoms with Crippen LogP contribution in [0.5, 0.6) is 5.75 Å². The zero-order valence-corrected chi connectivity index (χ0v) is 10.5. The van der Waals surface area contributed by atoms with E-state index in [1.807, 2.05) is 0 Å². The van der Waals surface area contributed by atoms with Gasteiger partial charge < -0.3 is 15.2 Å². The standard InChI is InChI=1S/C13H15NO5/c1-9(16)10-4-2-3-5-12(10)19-7-6-11(13(17)18)14-8-15/h2-5,8,11H,6-7H2,1H3,(H,14,15)(H,17,18). The molecule has 102 valence electrons. The zero-order valence-electron chi connectivity index (χ0n) is 10.5. The van der Waals surface area contributed by atoms with Crippen LogP contribution in [0, 0.1) is 0 Å². The maximum Gasteiger partial charge on any atom is 0.326 e. The number of carbonyl (C=O) groups is 3. The number of amides is 1. The lowest BCUT2D eigenvalue weighted by Crippen LogP contribution is -2.37. The van der Waals surface area contributed by atoms with E-state index in [1.54, 1.807) is 24.3 Å². The number of Topliss-reactive ketones (excluding diaryl/α,β-unsaturated/α-hetero) is 1. The van der Waals surface area contributed by atoms with Gasteiger partial charge in [0.2, 0.25) is 6.41 Å². The van der Waals surface area contributed by atoms with E-state index in [-0.39, 0.29) is 18.8 Å². The average Bonchev–Trinajstić information content (AvgIpc) is 2.38. The highest BCUT2D eigenvalue weighted by Crippen LogP contribution is 2.18. The minimum atomic E-state index is -1.13. The van der Waals surface area contributed by atoms with Gasteiger partial charge in [-0.2, -0.15) is 0 Å². The Labute approximate surface area is 110 Å². The molecule has 0 spiro atoms. The summed E-state index contributed by atoms with van der Waals surface area (Å²) in [5.41, 5.74) is 0.442. The first-order chi connectivity index (χ1) is 9.06. The van der Waals surface area contributed by atoms with E-state index in [2.05, 4.69) is 5.32 Å². The second-order valence-corrected chi connectivity index (χ2v) is 3.86. The Bertz CT molecular complexity index is 472. The number of benzene rings is 1. The number of hydrogen-bond donors (Lipinski definition) is 2. The monoisotopic (exact) mass is 265 g/mol. The molecule has 1 aromatic rings. The number of ketones is 1. The van der Waals surface area contributed by atoms with Crippen molar-refractivity contribution in [2.24, 2.45) is 0 Å². The minimum absolute atomic E-state index is 0.0854. The molecule has 6 heteroatoms. The molecular formula is C13H15NO5. The predicted octanol–water partition coefficient (Wildman–Crippen LogP) is 0.857. The largest absolute Gasteiger partial charge is 0.493 e. The number of hydrogen-bond acceptors (Lipinski definition) is 4. The fraction of sp³-hybridized carbons (Fsp3) is 0.308. The molecule has 1 amide bonds. The molecule has 1 rings (SSSR count). The highest BCUT2D eigenvalue weighted by atomic mass is 16.5. The van der Waals surface area contributed by atoms with Crippen LogP contribution in [0.1, 0.15) is 23.7 Å². The third-order valence-corrected chi connectivity index (χ3v) is 2.50. The molecule has 0 fully saturated rings. The molecule has 0 heterocycles. The third-order valence-electron chi connectivity index (χ3n) is 2.50. The number of ether oxygens (including phenoxy) is 1. The maximum absolute atomic E-state index is 11.3. The summed E-state index contributed by atoms with van der Waals surface area (Å²) in [6.45, 7) is 1.51. The van der Waals surface area contributed by atoms with Gasteiger partial charge in [-0.15, -0.1) is 0 Å². The Hall–Kier alpha value is -2.37. The van der Waals surface area contributed by atoms with Crippen molar-refractivity contribution in [3.8, 4) is 5.75 Å². The Balaban J connectivity index is 2.59. The van der Waals surface area contributed by atoms with Crippen molar-refractivity contribution < 1.29 is 24.2 Å². The van der Waals surface area contributed by atoms with Crippen molar-refractivity contribution in [3.63, 3.8) is 0 Å². The Morgan fingerprint density at radius 3 is 2.68 bits per heavy atom. The zero-order chi connectivity index (χ0) is 14.3. The van der Waals surface area contributed by atoms with E-state index < -0.39 is 12.0 Å². The van der Waals surface area contributed by atoms with E-state index in [0.717, 1.165) is 0 Å². The molecule has 0 aliphatic carbocycles. The molecule has 0 aromatic heterocycles. The number of aliphatic carboxylic acids is 1. The van der Waals surface area contributed by atoms with Crippen molar-refractivity contribution in [1.82, 2.24) is 5.32 Å². The van der Waals surface area contributed by atoms with Crippen LogP contribution >= 0.6 is 0 Å². The number of para-hydroxylation sites is 1. The van der Waals surface area contributed by atoms with Gasteiger partial charge in [-0.05, 0) is 19.1 Å². The van der Waals surface area contributed by atoms with Crippen molar-refractivity contribution in [3.05, 3.63) is 29.8 Å². The Morgan fingerprint density at radius 1 is 1.42 bits per heavy atom. The summed E-state index contributed by atoms with van der Waals surface area (Å²) >= 11 is 0. The van der Waals surface area contributed by atoms with E-state index in [9.17, 15) is 14.4 Å². The van der Waals surface area contributed by atoms with Crippen LogP contribution in [-0.2, 0) is 9.59 Å². The van der Waals surface area contributed by atoms with Crippen LogP contribution in [0.15, 0.2) is 24.3 Å². The van der Waals surface area contributed by atoms with Crippen LogP contribution in [0.3, 0.4) is 0 Å². The summed E-state index contributed by atoms with van der Waals surface area (Å²) in [6, 6.07) is 5.72. The maximum atomic E-state index is 11.3. The molecule has 0 saturated heterocycles. The van der Waals surface area contributed by atoms with Gasteiger partial charge in [0, 0.05) is 6.42 Å². The topological polar surface area (TPSA) is 92.7 Å². The number of carbonyl (C=O) groups excluding carboxylic acids is 2. The second-order valence-electron chi connectivity index (χ2n) is 3.86. The number of carboxylic acids is 1. The lowest BCUT2D eigenvalue weighted by molar-refractivity contribution is -0.140. The summed E-state index contributed by atoms with van der Waals surface area (Å²) in [7, 11) is 0. The van der Waals surface area contributed by atoms with E-state index in [1.165, 1.54) is 6.92 Å². The highest BCUT2D eigenvalue weighted by molar-refractivity contribution is 5.96. The first-order valence-corrected chi connectivity index (χ1v) is 5.71. The molecule has 19 heavy (non-hydrogen) atoms. The molecule has 1 unspecified atom stereocenters. The van der Waals surface area contributed by atoms with E-state index in [0.29, 0.717) is 17.7 Å². The quantitative estimate of drug-likeness (QED) is 0.537. The molecular weight excluding hydrogens is 250 g/mol. The van der Waals surface area contributed by atoms with Gasteiger partial charge in [0.05, 0.1) is 12.2 Å². The molecule has 0 saturated carbocycles. The lowest BCUT2D eigenvalue weighted by atomic mass is 10.1. The Kier molecular flexibility index (Phi) is 5.53. The van der Waals surface area contributed by atoms with E-state index >= 15 is 0 Å². The smallest absolute Gasteiger partial charge is 0.326 e. The molecule has 0 aliphatic heterocycles. The Morgan fingerprint density at radius 2 is 2.11 bits per heavy atom. The molecule has 1 atom stereocenters. The van der Waals surface area contributed by atoms with Crippen molar-refractivity contribution >= 4 is 18.2 Å². The van der Waals surface area contributed by atoms with Crippen LogP contribution in [-0.4, -0.2) is 35.9 Å². The van der Waals surface area contributed by atoms with Crippen LogP contribution in [0.25, 0.3) is 0 Å². The fourth-order valence-corrected chi connectivity index (χ4v) is 1.53. The van der Waals surface area contributed by atoms with Crippen molar-refractivity contribution in [2.45, 2.75) is 19.4 Å². The lowest BCUT2D eigenvalue weighted by Gasteiger charge is -2.13. The molecule has 6 nitrogen and oxygen atoms in total. The molecule has 1 aromatic carbocycles. The van der Waals surface area contributed by atoms with Gasteiger partial charge >= 0.3 is 5.97 Å². The van der Waals surface area contributed by atoms with Gasteiger partial charge in [-0.1, -0.05) is 12.1 Å². The van der Waals surface area contributed by atoms with Gasteiger partial charge in [0.1, 0.15) is 11.8 Å². The number of rotatable bonds is 8. The average molecular weight is 265 g/mol. The first kappa shape index (κ1) is 14.7.